The van der Waals surface area contributed by atoms with Crippen molar-refractivity contribution in [3.05, 3.63) is 47.3 Å². The second-order valence-corrected chi connectivity index (χ2v) is 14.3. The Morgan fingerprint density at radius 1 is 1.07 bits per heavy atom. The van der Waals surface area contributed by atoms with E-state index in [0.717, 1.165) is 62.3 Å². The van der Waals surface area contributed by atoms with Gasteiger partial charge in [-0.25, -0.2) is 14.6 Å². The summed E-state index contributed by atoms with van der Waals surface area (Å²) in [6, 6.07) is 8.60. The predicted octanol–water partition coefficient (Wildman–Crippen LogP) is 5.50. The monoisotopic (exact) mass is 633 g/mol. The third-order valence-electron chi connectivity index (χ3n) is 10.0. The molecule has 3 N–H and O–H groups in total. The zero-order valence-electron chi connectivity index (χ0n) is 28.6. The van der Waals surface area contributed by atoms with Gasteiger partial charge >= 0.3 is 12.1 Å². The van der Waals surface area contributed by atoms with E-state index in [0.29, 0.717) is 25.2 Å². The minimum Gasteiger partial charge on any atom is -0.444 e. The molecule has 11 nitrogen and oxygen atoms in total. The van der Waals surface area contributed by atoms with Crippen molar-refractivity contribution in [2.45, 2.75) is 96.7 Å². The number of pyridine rings is 1. The number of primary amides is 1. The number of likely N-dealkylation sites (N-methyl/N-ethyl adjacent to an activating group) is 1. The Morgan fingerprint density at radius 2 is 1.74 bits per heavy atom. The van der Waals surface area contributed by atoms with Crippen molar-refractivity contribution in [3.8, 4) is 0 Å². The molecule has 250 valence electrons. The van der Waals surface area contributed by atoms with Crippen LogP contribution in [0.4, 0.5) is 26.7 Å². The van der Waals surface area contributed by atoms with Crippen LogP contribution in [-0.4, -0.2) is 95.2 Å². The highest BCUT2D eigenvalue weighted by Gasteiger charge is 2.40. The number of likely N-dealkylation sites (tertiary alicyclic amines) is 1. The first-order valence-corrected chi connectivity index (χ1v) is 16.7. The van der Waals surface area contributed by atoms with Crippen LogP contribution in [0.3, 0.4) is 0 Å². The minimum absolute atomic E-state index is 0.0715. The molecule has 46 heavy (non-hydrogen) atoms. The molecule has 0 spiro atoms. The first kappa shape index (κ1) is 33.3. The van der Waals surface area contributed by atoms with Gasteiger partial charge in [0, 0.05) is 57.1 Å². The van der Waals surface area contributed by atoms with Crippen LogP contribution in [0, 0.1) is 0 Å². The van der Waals surface area contributed by atoms with E-state index in [9.17, 15) is 14.4 Å². The molecule has 3 aliphatic heterocycles. The second kappa shape index (κ2) is 13.0. The van der Waals surface area contributed by atoms with E-state index in [2.05, 4.69) is 48.1 Å². The molecule has 0 saturated carbocycles. The van der Waals surface area contributed by atoms with Crippen LogP contribution in [0.25, 0.3) is 0 Å². The molecule has 0 radical (unpaired) electrons. The molecule has 4 heterocycles. The van der Waals surface area contributed by atoms with E-state index in [4.69, 9.17) is 10.5 Å². The molecule has 3 fully saturated rings. The fourth-order valence-corrected chi connectivity index (χ4v) is 7.22. The number of carbonyl (C=O) groups is 3. The van der Waals surface area contributed by atoms with Crippen LogP contribution in [-0.2, 0) is 16.6 Å². The Kier molecular flexibility index (Phi) is 9.42. The number of carbonyl (C=O) groups excluding carboxylic acids is 3. The third kappa shape index (κ3) is 6.73. The van der Waals surface area contributed by atoms with Gasteiger partial charge in [-0.2, -0.15) is 0 Å². The fourth-order valence-electron chi connectivity index (χ4n) is 7.22. The molecular weight excluding hydrogens is 582 g/mol. The number of nitrogens with two attached hydrogens (primary N) is 1. The first-order chi connectivity index (χ1) is 21.7. The molecule has 0 bridgehead atoms. The van der Waals surface area contributed by atoms with E-state index in [-0.39, 0.29) is 35.3 Å². The Labute approximate surface area is 273 Å². The lowest BCUT2D eigenvalue weighted by Crippen LogP contribution is -2.55. The number of ether oxygens (including phenoxy) is 1. The smallest absolute Gasteiger partial charge is 0.410 e. The molecule has 2 aromatic rings. The number of anilines is 3. The van der Waals surface area contributed by atoms with Crippen LogP contribution in [0.1, 0.15) is 88.8 Å². The third-order valence-corrected chi connectivity index (χ3v) is 10.0. The molecule has 11 heteroatoms. The zero-order valence-corrected chi connectivity index (χ0v) is 28.6. The quantitative estimate of drug-likeness (QED) is 0.413. The predicted molar refractivity (Wildman–Crippen MR) is 181 cm³/mol. The van der Waals surface area contributed by atoms with Gasteiger partial charge in [-0.05, 0) is 82.9 Å². The van der Waals surface area contributed by atoms with Crippen molar-refractivity contribution in [2.75, 3.05) is 50.0 Å². The number of rotatable bonds is 7. The highest BCUT2D eigenvalue weighted by Crippen LogP contribution is 2.39. The van der Waals surface area contributed by atoms with Crippen molar-refractivity contribution in [1.29, 1.82) is 0 Å². The van der Waals surface area contributed by atoms with Crippen LogP contribution in [0.2, 0.25) is 0 Å². The largest absolute Gasteiger partial charge is 0.444 e. The number of amides is 4. The summed E-state index contributed by atoms with van der Waals surface area (Å²) in [5, 5.41) is 3.50. The maximum atomic E-state index is 12.9. The molecule has 5 rings (SSSR count). The molecular formula is C35H51N7O4. The van der Waals surface area contributed by atoms with Gasteiger partial charge in [0.2, 0.25) is 0 Å². The molecule has 1 aromatic carbocycles. The fraction of sp³-hybridized carbons (Fsp3) is 0.600. The van der Waals surface area contributed by atoms with Gasteiger partial charge in [0.1, 0.15) is 5.60 Å². The molecule has 4 amide bonds. The van der Waals surface area contributed by atoms with Crippen molar-refractivity contribution in [3.63, 3.8) is 0 Å². The summed E-state index contributed by atoms with van der Waals surface area (Å²) in [7, 11) is 1.86. The van der Waals surface area contributed by atoms with E-state index in [1.807, 2.05) is 44.9 Å². The Morgan fingerprint density at radius 3 is 2.30 bits per heavy atom. The zero-order chi connectivity index (χ0) is 33.4. The van der Waals surface area contributed by atoms with Gasteiger partial charge in [0.15, 0.2) is 5.69 Å². The van der Waals surface area contributed by atoms with E-state index < -0.39 is 11.5 Å². The van der Waals surface area contributed by atoms with E-state index >= 15 is 0 Å². The lowest BCUT2D eigenvalue weighted by molar-refractivity contribution is 0.0171. The lowest BCUT2D eigenvalue weighted by Gasteiger charge is -2.45. The lowest BCUT2D eigenvalue weighted by atomic mass is 9.74. The number of nitrogens with zero attached hydrogens (tertiary/aromatic N) is 5. The highest BCUT2D eigenvalue weighted by atomic mass is 16.6. The normalized spacial score (nSPS) is 21.8. The van der Waals surface area contributed by atoms with Gasteiger partial charge < -0.3 is 35.4 Å². The molecule has 3 saturated heterocycles. The Hall–Kier alpha value is -4.02. The summed E-state index contributed by atoms with van der Waals surface area (Å²) in [6.07, 6.45) is 5.78. The van der Waals surface area contributed by atoms with Crippen LogP contribution < -0.4 is 16.0 Å². The molecule has 0 aliphatic carbocycles. The summed E-state index contributed by atoms with van der Waals surface area (Å²) in [6.45, 7) is 15.8. The van der Waals surface area contributed by atoms with Crippen LogP contribution in [0.15, 0.2) is 30.5 Å². The average Bonchev–Trinajstić information content (AvgIpc) is 3.34. The number of aromatic nitrogens is 1. The summed E-state index contributed by atoms with van der Waals surface area (Å²) in [5.74, 6) is -0.583. The van der Waals surface area contributed by atoms with Gasteiger partial charge in [-0.15, -0.1) is 0 Å². The average molecular weight is 634 g/mol. The van der Waals surface area contributed by atoms with Gasteiger partial charge in [0.05, 0.1) is 23.6 Å². The van der Waals surface area contributed by atoms with Gasteiger partial charge in [-0.1, -0.05) is 26.0 Å². The number of piperidine rings is 2. The Balaban J connectivity index is 1.36. The number of hydrogen-bond donors (Lipinski definition) is 2. The molecule has 2 unspecified atom stereocenters. The summed E-state index contributed by atoms with van der Waals surface area (Å²) in [4.78, 5) is 50.6. The second-order valence-electron chi connectivity index (χ2n) is 14.3. The number of hydrogen-bond acceptors (Lipinski definition) is 7. The van der Waals surface area contributed by atoms with Crippen molar-refractivity contribution in [2.24, 2.45) is 5.73 Å². The van der Waals surface area contributed by atoms with Crippen molar-refractivity contribution < 1.29 is 19.1 Å². The van der Waals surface area contributed by atoms with Crippen molar-refractivity contribution >= 4 is 35.1 Å². The Bertz CT molecular complexity index is 1450. The van der Waals surface area contributed by atoms with E-state index in [1.54, 1.807) is 16.0 Å². The molecule has 2 atom stereocenters. The number of benzene rings is 1. The summed E-state index contributed by atoms with van der Waals surface area (Å²) >= 11 is 0. The standard InChI is InChI=1S/C35H51N7O4/c1-8-26-28(41-17-9-10-27(23(41)2)42-21-20-39(7)32(42)44)22-37-30(31(36)43)29(26)38-25-13-11-24(12-14-25)35(6)15-18-40(19-16-35)33(45)46-34(3,4)5/h11-14,22-23,27,38H,8-10,15-21H2,1-7H3,(H2,36,43). The topological polar surface area (TPSA) is 124 Å². The van der Waals surface area contributed by atoms with Crippen molar-refractivity contribution in [1.82, 2.24) is 19.7 Å². The maximum absolute atomic E-state index is 12.9. The minimum atomic E-state index is -0.583. The first-order valence-electron chi connectivity index (χ1n) is 16.7. The molecule has 1 aromatic heterocycles. The van der Waals surface area contributed by atoms with Gasteiger partial charge in [0.25, 0.3) is 5.91 Å². The molecule has 3 aliphatic rings. The maximum Gasteiger partial charge on any atom is 0.410 e. The number of urea groups is 1. The van der Waals surface area contributed by atoms with Gasteiger partial charge in [-0.3, -0.25) is 4.79 Å². The number of nitrogens with one attached hydrogen (secondary N) is 1. The highest BCUT2D eigenvalue weighted by molar-refractivity contribution is 5.99. The van der Waals surface area contributed by atoms with E-state index in [1.165, 1.54) is 5.56 Å². The summed E-state index contributed by atoms with van der Waals surface area (Å²) < 4.78 is 5.58. The SMILES string of the molecule is CCc1c(N2CCCC(N3CCN(C)C3=O)C2C)cnc(C(N)=O)c1Nc1ccc(C2(C)CCN(C(=O)OC(C)(C)C)CC2)cc1. The summed E-state index contributed by atoms with van der Waals surface area (Å²) in [5.41, 5.74) is 10.1. The van der Waals surface area contributed by atoms with Crippen LogP contribution in [0.5, 0.6) is 0 Å². The van der Waals surface area contributed by atoms with Crippen LogP contribution >= 0.6 is 0 Å².